The molecule has 3 heteroatoms. The molecular formula is C17H18N2O. The van der Waals surface area contributed by atoms with Gasteiger partial charge in [0.25, 0.3) is 0 Å². The lowest BCUT2D eigenvalue weighted by Crippen LogP contribution is -2.46. The molecule has 0 radical (unpaired) electrons. The van der Waals surface area contributed by atoms with Crippen LogP contribution in [-0.4, -0.2) is 25.9 Å². The molecule has 3 nitrogen and oxygen atoms in total. The van der Waals surface area contributed by atoms with Crippen LogP contribution in [0.1, 0.15) is 22.0 Å². The number of para-hydroxylation sites is 1. The van der Waals surface area contributed by atoms with Crippen molar-refractivity contribution in [2.24, 2.45) is 0 Å². The molecule has 2 aromatic rings. The molecule has 102 valence electrons. The molecule has 2 aromatic carbocycles. The van der Waals surface area contributed by atoms with Crippen molar-refractivity contribution in [2.75, 3.05) is 24.5 Å². The van der Waals surface area contributed by atoms with Crippen molar-refractivity contribution in [3.8, 4) is 0 Å². The van der Waals surface area contributed by atoms with Crippen molar-refractivity contribution in [3.05, 3.63) is 65.7 Å². The summed E-state index contributed by atoms with van der Waals surface area (Å²) in [4.78, 5) is 13.2. The fraction of sp³-hybridized carbons (Fsp3) is 0.235. The summed E-state index contributed by atoms with van der Waals surface area (Å²) in [7, 11) is 0. The van der Waals surface area contributed by atoms with Gasteiger partial charge in [0, 0.05) is 30.9 Å². The summed E-state index contributed by atoms with van der Waals surface area (Å²) in [5, 5.41) is 3.45. The van der Waals surface area contributed by atoms with Crippen LogP contribution in [-0.2, 0) is 0 Å². The van der Waals surface area contributed by atoms with E-state index in [1.807, 2.05) is 18.2 Å². The zero-order valence-electron chi connectivity index (χ0n) is 11.3. The Kier molecular flexibility index (Phi) is 3.79. The van der Waals surface area contributed by atoms with Crippen LogP contribution in [0.25, 0.3) is 0 Å². The second-order valence-corrected chi connectivity index (χ2v) is 5.03. The Morgan fingerprint density at radius 1 is 1.05 bits per heavy atom. The van der Waals surface area contributed by atoms with E-state index in [0.29, 0.717) is 6.04 Å². The van der Waals surface area contributed by atoms with E-state index in [4.69, 9.17) is 0 Å². The highest BCUT2D eigenvalue weighted by atomic mass is 16.1. The molecule has 0 bridgehead atoms. The number of aldehydes is 1. The zero-order valence-corrected chi connectivity index (χ0v) is 11.3. The molecule has 20 heavy (non-hydrogen) atoms. The number of piperazine rings is 1. The van der Waals surface area contributed by atoms with Crippen LogP contribution in [0.3, 0.4) is 0 Å². The lowest BCUT2D eigenvalue weighted by atomic mass is 10.0. The first kappa shape index (κ1) is 12.9. The van der Waals surface area contributed by atoms with E-state index in [1.54, 1.807) is 0 Å². The Labute approximate surface area is 119 Å². The second kappa shape index (κ2) is 5.88. The normalized spacial score (nSPS) is 18.8. The van der Waals surface area contributed by atoms with Gasteiger partial charge in [0.2, 0.25) is 0 Å². The van der Waals surface area contributed by atoms with E-state index in [1.165, 1.54) is 11.3 Å². The first-order chi connectivity index (χ1) is 9.88. The van der Waals surface area contributed by atoms with Gasteiger partial charge in [-0.25, -0.2) is 0 Å². The average molecular weight is 266 g/mol. The van der Waals surface area contributed by atoms with Gasteiger partial charge >= 0.3 is 0 Å². The quantitative estimate of drug-likeness (QED) is 0.867. The maximum absolute atomic E-state index is 10.8. The van der Waals surface area contributed by atoms with Crippen molar-refractivity contribution >= 4 is 12.0 Å². The number of nitrogens with one attached hydrogen (secondary N) is 1. The number of benzene rings is 2. The van der Waals surface area contributed by atoms with E-state index in [-0.39, 0.29) is 0 Å². The highest BCUT2D eigenvalue weighted by molar-refractivity contribution is 5.74. The van der Waals surface area contributed by atoms with Crippen LogP contribution in [0.5, 0.6) is 0 Å². The van der Waals surface area contributed by atoms with Gasteiger partial charge in [-0.2, -0.15) is 0 Å². The molecule has 1 unspecified atom stereocenters. The summed E-state index contributed by atoms with van der Waals surface area (Å²) in [6, 6.07) is 18.7. The largest absolute Gasteiger partial charge is 0.362 e. The van der Waals surface area contributed by atoms with Crippen molar-refractivity contribution in [1.82, 2.24) is 5.32 Å². The fourth-order valence-electron chi connectivity index (χ4n) is 2.73. The molecular weight excluding hydrogens is 248 g/mol. The van der Waals surface area contributed by atoms with Crippen LogP contribution in [0.4, 0.5) is 5.69 Å². The van der Waals surface area contributed by atoms with E-state index < -0.39 is 0 Å². The standard InChI is InChI=1S/C17H18N2O/c20-13-14-6-8-15(9-7-14)17-12-18-10-11-19(17)16-4-2-1-3-5-16/h1-9,13,17-18H,10-12H2. The first-order valence-electron chi connectivity index (χ1n) is 6.96. The minimum atomic E-state index is 0.312. The molecule has 0 aliphatic carbocycles. The monoisotopic (exact) mass is 266 g/mol. The number of rotatable bonds is 3. The van der Waals surface area contributed by atoms with Gasteiger partial charge in [-0.15, -0.1) is 0 Å². The van der Waals surface area contributed by atoms with Gasteiger partial charge in [0.1, 0.15) is 6.29 Å². The summed E-state index contributed by atoms with van der Waals surface area (Å²) in [5.41, 5.74) is 3.22. The molecule has 0 saturated carbocycles. The van der Waals surface area contributed by atoms with Gasteiger partial charge in [0.15, 0.2) is 0 Å². The third-order valence-corrected chi connectivity index (χ3v) is 3.79. The van der Waals surface area contributed by atoms with Crippen LogP contribution in [0.15, 0.2) is 54.6 Å². The molecule has 1 atom stereocenters. The number of anilines is 1. The van der Waals surface area contributed by atoms with Crippen LogP contribution in [0.2, 0.25) is 0 Å². The molecule has 1 aliphatic heterocycles. The Hall–Kier alpha value is -2.13. The summed E-state index contributed by atoms with van der Waals surface area (Å²) < 4.78 is 0. The van der Waals surface area contributed by atoms with Gasteiger partial charge in [-0.3, -0.25) is 4.79 Å². The van der Waals surface area contributed by atoms with E-state index in [2.05, 4.69) is 46.6 Å². The summed E-state index contributed by atoms with van der Waals surface area (Å²) >= 11 is 0. The zero-order chi connectivity index (χ0) is 13.8. The Balaban J connectivity index is 1.90. The predicted molar refractivity (Wildman–Crippen MR) is 81.2 cm³/mol. The molecule has 0 aromatic heterocycles. The third-order valence-electron chi connectivity index (χ3n) is 3.79. The lowest BCUT2D eigenvalue weighted by Gasteiger charge is -2.38. The molecule has 0 amide bonds. The van der Waals surface area contributed by atoms with Crippen LogP contribution in [0, 0.1) is 0 Å². The summed E-state index contributed by atoms with van der Waals surface area (Å²) in [6.45, 7) is 2.91. The van der Waals surface area contributed by atoms with E-state index >= 15 is 0 Å². The number of hydrogen-bond acceptors (Lipinski definition) is 3. The number of carbonyl (C=O) groups is 1. The second-order valence-electron chi connectivity index (χ2n) is 5.03. The molecule has 1 N–H and O–H groups in total. The molecule has 1 aliphatic rings. The summed E-state index contributed by atoms with van der Waals surface area (Å²) in [5.74, 6) is 0. The number of carbonyl (C=O) groups excluding carboxylic acids is 1. The number of nitrogens with zero attached hydrogens (tertiary/aromatic N) is 1. The number of hydrogen-bond donors (Lipinski definition) is 1. The van der Waals surface area contributed by atoms with Crippen LogP contribution >= 0.6 is 0 Å². The molecule has 0 spiro atoms. The van der Waals surface area contributed by atoms with Gasteiger partial charge < -0.3 is 10.2 Å². The lowest BCUT2D eigenvalue weighted by molar-refractivity contribution is 0.112. The molecule has 3 rings (SSSR count). The maximum Gasteiger partial charge on any atom is 0.150 e. The average Bonchev–Trinajstić information content (AvgIpc) is 2.56. The Morgan fingerprint density at radius 2 is 1.80 bits per heavy atom. The third kappa shape index (κ3) is 2.58. The summed E-state index contributed by atoms with van der Waals surface area (Å²) in [6.07, 6.45) is 0.887. The Morgan fingerprint density at radius 3 is 2.50 bits per heavy atom. The minimum absolute atomic E-state index is 0.312. The highest BCUT2D eigenvalue weighted by Gasteiger charge is 2.23. The fourth-order valence-corrected chi connectivity index (χ4v) is 2.73. The van der Waals surface area contributed by atoms with Crippen molar-refractivity contribution in [1.29, 1.82) is 0 Å². The van der Waals surface area contributed by atoms with Gasteiger partial charge in [0.05, 0.1) is 6.04 Å². The maximum atomic E-state index is 10.8. The predicted octanol–water partition coefficient (Wildman–Crippen LogP) is 2.65. The van der Waals surface area contributed by atoms with E-state index in [0.717, 1.165) is 31.5 Å². The van der Waals surface area contributed by atoms with Gasteiger partial charge in [-0.05, 0) is 17.7 Å². The Bertz CT molecular complexity index is 565. The minimum Gasteiger partial charge on any atom is -0.362 e. The highest BCUT2D eigenvalue weighted by Crippen LogP contribution is 2.28. The van der Waals surface area contributed by atoms with Crippen LogP contribution < -0.4 is 10.2 Å². The first-order valence-corrected chi connectivity index (χ1v) is 6.96. The smallest absolute Gasteiger partial charge is 0.150 e. The SMILES string of the molecule is O=Cc1ccc(C2CNCCN2c2ccccc2)cc1. The van der Waals surface area contributed by atoms with Crippen molar-refractivity contribution in [2.45, 2.75) is 6.04 Å². The molecule has 1 fully saturated rings. The topological polar surface area (TPSA) is 32.3 Å². The molecule has 1 heterocycles. The van der Waals surface area contributed by atoms with Crippen molar-refractivity contribution < 1.29 is 4.79 Å². The molecule has 1 saturated heterocycles. The van der Waals surface area contributed by atoms with Gasteiger partial charge in [-0.1, -0.05) is 42.5 Å². The van der Waals surface area contributed by atoms with E-state index in [9.17, 15) is 4.79 Å². The van der Waals surface area contributed by atoms with Crippen molar-refractivity contribution in [3.63, 3.8) is 0 Å².